The first-order valence-corrected chi connectivity index (χ1v) is 6.83. The lowest BCUT2D eigenvalue weighted by molar-refractivity contribution is 0.169. The van der Waals surface area contributed by atoms with E-state index in [0.717, 1.165) is 18.6 Å². The Morgan fingerprint density at radius 1 is 1.56 bits per heavy atom. The largest absolute Gasteiger partial charge is 0.392 e. The zero-order valence-corrected chi connectivity index (χ0v) is 10.4. The van der Waals surface area contributed by atoms with Gasteiger partial charge in [-0.2, -0.15) is 11.8 Å². The summed E-state index contributed by atoms with van der Waals surface area (Å²) in [6, 6.07) is 4.61. The first kappa shape index (κ1) is 12.2. The van der Waals surface area contributed by atoms with Crippen LogP contribution in [0.3, 0.4) is 0 Å². The van der Waals surface area contributed by atoms with Crippen LogP contribution in [0.1, 0.15) is 18.4 Å². The molecule has 1 aliphatic heterocycles. The standard InChI is InChI=1S/C12H14ClFOS/c13-9-4-3-8(10(14)7-9)6-11(15)12-2-1-5-16-12/h3-4,7,11-12,15H,1-2,5-6H2. The van der Waals surface area contributed by atoms with Crippen LogP contribution < -0.4 is 0 Å². The van der Waals surface area contributed by atoms with Crippen LogP contribution in [0, 0.1) is 5.82 Å². The lowest BCUT2D eigenvalue weighted by Crippen LogP contribution is -2.23. The van der Waals surface area contributed by atoms with E-state index in [1.54, 1.807) is 23.9 Å². The van der Waals surface area contributed by atoms with Gasteiger partial charge in [0.1, 0.15) is 5.82 Å². The van der Waals surface area contributed by atoms with Crippen LogP contribution in [0.4, 0.5) is 4.39 Å². The number of aliphatic hydroxyl groups excluding tert-OH is 1. The number of rotatable bonds is 3. The van der Waals surface area contributed by atoms with Crippen molar-refractivity contribution in [2.24, 2.45) is 0 Å². The molecule has 0 aromatic heterocycles. The molecule has 1 aromatic carbocycles. The zero-order chi connectivity index (χ0) is 11.5. The number of hydrogen-bond acceptors (Lipinski definition) is 2. The molecule has 1 fully saturated rings. The smallest absolute Gasteiger partial charge is 0.127 e. The summed E-state index contributed by atoms with van der Waals surface area (Å²) in [6.45, 7) is 0. The van der Waals surface area contributed by atoms with E-state index in [2.05, 4.69) is 0 Å². The second kappa shape index (κ2) is 5.39. The monoisotopic (exact) mass is 260 g/mol. The summed E-state index contributed by atoms with van der Waals surface area (Å²) in [7, 11) is 0. The van der Waals surface area contributed by atoms with E-state index >= 15 is 0 Å². The third-order valence-corrected chi connectivity index (χ3v) is 4.58. The molecule has 1 N–H and O–H groups in total. The van der Waals surface area contributed by atoms with E-state index in [0.29, 0.717) is 17.0 Å². The molecule has 0 radical (unpaired) electrons. The molecule has 4 heteroatoms. The fraction of sp³-hybridized carbons (Fsp3) is 0.500. The van der Waals surface area contributed by atoms with Crippen molar-refractivity contribution in [2.45, 2.75) is 30.6 Å². The highest BCUT2D eigenvalue weighted by Gasteiger charge is 2.24. The highest BCUT2D eigenvalue weighted by atomic mass is 35.5. The number of halogens is 2. The zero-order valence-electron chi connectivity index (χ0n) is 8.83. The molecular weight excluding hydrogens is 247 g/mol. The summed E-state index contributed by atoms with van der Waals surface area (Å²) in [5.41, 5.74) is 0.546. The molecular formula is C12H14ClFOS. The molecule has 1 saturated heterocycles. The molecule has 0 aliphatic carbocycles. The van der Waals surface area contributed by atoms with Gasteiger partial charge in [-0.15, -0.1) is 0 Å². The molecule has 2 atom stereocenters. The van der Waals surface area contributed by atoms with Gasteiger partial charge >= 0.3 is 0 Å². The average molecular weight is 261 g/mol. The number of benzene rings is 1. The lowest BCUT2D eigenvalue weighted by atomic mass is 10.0. The quantitative estimate of drug-likeness (QED) is 0.900. The highest BCUT2D eigenvalue weighted by molar-refractivity contribution is 8.00. The van der Waals surface area contributed by atoms with Crippen molar-refractivity contribution in [2.75, 3.05) is 5.75 Å². The maximum atomic E-state index is 13.5. The van der Waals surface area contributed by atoms with Crippen LogP contribution in [-0.4, -0.2) is 22.2 Å². The van der Waals surface area contributed by atoms with Crippen molar-refractivity contribution in [3.63, 3.8) is 0 Å². The molecule has 1 aromatic rings. The molecule has 1 heterocycles. The van der Waals surface area contributed by atoms with Gasteiger partial charge < -0.3 is 5.11 Å². The molecule has 1 aliphatic rings. The minimum absolute atomic E-state index is 0.259. The topological polar surface area (TPSA) is 20.2 Å². The Bertz CT molecular complexity index is 366. The number of aliphatic hydroxyl groups is 1. The summed E-state index contributed by atoms with van der Waals surface area (Å²) in [6.07, 6.45) is 2.10. The van der Waals surface area contributed by atoms with Crippen molar-refractivity contribution < 1.29 is 9.50 Å². The third kappa shape index (κ3) is 2.90. The number of hydrogen-bond donors (Lipinski definition) is 1. The van der Waals surface area contributed by atoms with Crippen molar-refractivity contribution in [1.82, 2.24) is 0 Å². The van der Waals surface area contributed by atoms with E-state index in [-0.39, 0.29) is 11.1 Å². The first-order chi connectivity index (χ1) is 7.66. The molecule has 2 unspecified atom stereocenters. The summed E-state index contributed by atoms with van der Waals surface area (Å²) >= 11 is 7.45. The lowest BCUT2D eigenvalue weighted by Gasteiger charge is -2.17. The minimum Gasteiger partial charge on any atom is -0.392 e. The van der Waals surface area contributed by atoms with E-state index in [1.807, 2.05) is 0 Å². The summed E-state index contributed by atoms with van der Waals surface area (Å²) in [5, 5.41) is 10.6. The summed E-state index contributed by atoms with van der Waals surface area (Å²) in [5.74, 6) is 0.778. The Morgan fingerprint density at radius 3 is 3.00 bits per heavy atom. The van der Waals surface area contributed by atoms with Crippen LogP contribution >= 0.6 is 23.4 Å². The molecule has 0 amide bonds. The Hall–Kier alpha value is -0.250. The van der Waals surface area contributed by atoms with Gasteiger partial charge in [0.25, 0.3) is 0 Å². The fourth-order valence-electron chi connectivity index (χ4n) is 1.95. The van der Waals surface area contributed by atoms with E-state index in [9.17, 15) is 9.50 Å². The molecule has 2 rings (SSSR count). The van der Waals surface area contributed by atoms with Crippen LogP contribution in [0.5, 0.6) is 0 Å². The first-order valence-electron chi connectivity index (χ1n) is 5.40. The second-order valence-electron chi connectivity index (χ2n) is 4.06. The van der Waals surface area contributed by atoms with Gasteiger partial charge in [0, 0.05) is 16.7 Å². The van der Waals surface area contributed by atoms with Crippen LogP contribution in [0.15, 0.2) is 18.2 Å². The van der Waals surface area contributed by atoms with Crippen molar-refractivity contribution in [3.8, 4) is 0 Å². The van der Waals surface area contributed by atoms with Gasteiger partial charge in [-0.1, -0.05) is 17.7 Å². The van der Waals surface area contributed by atoms with Crippen molar-refractivity contribution in [3.05, 3.63) is 34.6 Å². The van der Waals surface area contributed by atoms with Crippen LogP contribution in [-0.2, 0) is 6.42 Å². The number of thioether (sulfide) groups is 1. The SMILES string of the molecule is OC(Cc1ccc(Cl)cc1F)C1CCCS1. The van der Waals surface area contributed by atoms with Gasteiger partial charge in [0.05, 0.1) is 6.10 Å². The molecule has 16 heavy (non-hydrogen) atoms. The van der Waals surface area contributed by atoms with Gasteiger partial charge in [0.2, 0.25) is 0 Å². The predicted molar refractivity (Wildman–Crippen MR) is 66.6 cm³/mol. The van der Waals surface area contributed by atoms with E-state index < -0.39 is 6.10 Å². The predicted octanol–water partition coefficient (Wildman–Crippen LogP) is 3.28. The maximum Gasteiger partial charge on any atom is 0.127 e. The van der Waals surface area contributed by atoms with Gasteiger partial charge in [-0.3, -0.25) is 0 Å². The van der Waals surface area contributed by atoms with Crippen LogP contribution in [0.25, 0.3) is 0 Å². The Labute approximate surface area is 104 Å². The van der Waals surface area contributed by atoms with E-state index in [1.165, 1.54) is 6.07 Å². The Balaban J connectivity index is 2.02. The second-order valence-corrected chi connectivity index (χ2v) is 5.84. The van der Waals surface area contributed by atoms with Gasteiger partial charge in [0.15, 0.2) is 0 Å². The molecule has 1 nitrogen and oxygen atoms in total. The van der Waals surface area contributed by atoms with Gasteiger partial charge in [-0.05, 0) is 36.3 Å². The highest BCUT2D eigenvalue weighted by Crippen LogP contribution is 2.30. The van der Waals surface area contributed by atoms with Crippen molar-refractivity contribution in [1.29, 1.82) is 0 Å². The molecule has 0 bridgehead atoms. The average Bonchev–Trinajstić information content (AvgIpc) is 2.75. The van der Waals surface area contributed by atoms with E-state index in [4.69, 9.17) is 11.6 Å². The molecule has 0 spiro atoms. The summed E-state index contributed by atoms with van der Waals surface area (Å²) < 4.78 is 13.5. The summed E-state index contributed by atoms with van der Waals surface area (Å²) in [4.78, 5) is 0. The fourth-order valence-corrected chi connectivity index (χ4v) is 3.40. The Kier molecular flexibility index (Phi) is 4.11. The van der Waals surface area contributed by atoms with Gasteiger partial charge in [-0.25, -0.2) is 4.39 Å². The van der Waals surface area contributed by atoms with Crippen molar-refractivity contribution >= 4 is 23.4 Å². The Morgan fingerprint density at radius 2 is 2.38 bits per heavy atom. The normalized spacial score (nSPS) is 22.3. The molecule has 0 saturated carbocycles. The molecule has 88 valence electrons. The van der Waals surface area contributed by atoms with Crippen LogP contribution in [0.2, 0.25) is 5.02 Å². The maximum absolute atomic E-state index is 13.5. The third-order valence-electron chi connectivity index (χ3n) is 2.84. The minimum atomic E-state index is -0.455.